The highest BCUT2D eigenvalue weighted by Crippen LogP contribution is 1.94. The molecule has 0 aliphatic carbocycles. The summed E-state index contributed by atoms with van der Waals surface area (Å²) in [4.78, 5) is 11.7. The van der Waals surface area contributed by atoms with Crippen LogP contribution in [0.25, 0.3) is 0 Å². The Hall–Kier alpha value is -1.97. The summed E-state index contributed by atoms with van der Waals surface area (Å²) >= 11 is 0. The zero-order chi connectivity index (χ0) is 12.7. The summed E-state index contributed by atoms with van der Waals surface area (Å²) in [5, 5.41) is 3.89. The molecule has 0 aliphatic heterocycles. The van der Waals surface area contributed by atoms with Crippen LogP contribution in [-0.2, 0) is 7.05 Å². The summed E-state index contributed by atoms with van der Waals surface area (Å²) in [6, 6.07) is 3.57. The Labute approximate surface area is 102 Å². The predicted molar refractivity (Wildman–Crippen MR) is 67.6 cm³/mol. The van der Waals surface area contributed by atoms with Gasteiger partial charge in [-0.2, -0.15) is 5.10 Å². The topological polar surface area (TPSA) is 45.3 Å². The number of rotatable bonds is 4. The molecular weight excluding hydrogens is 214 g/mol. The first kappa shape index (κ1) is 13.1. The molecule has 0 spiro atoms. The number of hydrazone groups is 1. The van der Waals surface area contributed by atoms with Gasteiger partial charge in [0.15, 0.2) is 12.4 Å². The molecule has 0 aromatic carbocycles. The molecule has 0 radical (unpaired) electrons. The van der Waals surface area contributed by atoms with Gasteiger partial charge in [-0.15, -0.1) is 0 Å². The van der Waals surface area contributed by atoms with Crippen molar-refractivity contribution in [2.75, 3.05) is 0 Å². The van der Waals surface area contributed by atoms with Crippen molar-refractivity contribution in [1.29, 1.82) is 0 Å². The Bertz CT molecular complexity index is 450. The van der Waals surface area contributed by atoms with E-state index in [1.54, 1.807) is 18.5 Å². The molecular formula is C13H18N3O+. The van der Waals surface area contributed by atoms with Gasteiger partial charge in [0.1, 0.15) is 12.6 Å². The fourth-order valence-corrected chi connectivity index (χ4v) is 1.35. The first-order valence-electron chi connectivity index (χ1n) is 5.59. The van der Waals surface area contributed by atoms with Gasteiger partial charge in [-0.3, -0.25) is 4.79 Å². The van der Waals surface area contributed by atoms with Crippen molar-refractivity contribution < 1.29 is 9.36 Å². The van der Waals surface area contributed by atoms with Gasteiger partial charge in [0.2, 0.25) is 0 Å². The number of hydrogen-bond donors (Lipinski definition) is 1. The minimum absolute atomic E-state index is 0.207. The second-order valence-corrected chi connectivity index (χ2v) is 3.81. The van der Waals surface area contributed by atoms with E-state index in [9.17, 15) is 4.79 Å². The quantitative estimate of drug-likeness (QED) is 0.478. The SMILES string of the molecule is CCC=C(C)C=NNC(=O)c1ccc[n+](C)c1. The van der Waals surface area contributed by atoms with E-state index in [1.165, 1.54) is 0 Å². The molecule has 0 atom stereocenters. The third-order valence-electron chi connectivity index (χ3n) is 2.16. The molecule has 4 nitrogen and oxygen atoms in total. The maximum absolute atomic E-state index is 11.7. The molecule has 0 saturated heterocycles. The molecule has 0 aliphatic rings. The van der Waals surface area contributed by atoms with Crippen LogP contribution in [0.3, 0.4) is 0 Å². The lowest BCUT2D eigenvalue weighted by Crippen LogP contribution is -2.29. The molecule has 0 fully saturated rings. The predicted octanol–water partition coefficient (Wildman–Crippen LogP) is 1.58. The van der Waals surface area contributed by atoms with Crippen LogP contribution in [0.4, 0.5) is 0 Å². The van der Waals surface area contributed by atoms with E-state index in [-0.39, 0.29) is 5.91 Å². The van der Waals surface area contributed by atoms with Crippen LogP contribution in [-0.4, -0.2) is 12.1 Å². The van der Waals surface area contributed by atoms with Crippen molar-refractivity contribution in [2.24, 2.45) is 12.1 Å². The summed E-state index contributed by atoms with van der Waals surface area (Å²) in [5.41, 5.74) is 4.11. The number of allylic oxidation sites excluding steroid dienone is 2. The number of hydrogen-bond acceptors (Lipinski definition) is 2. The van der Waals surface area contributed by atoms with Crippen LogP contribution in [0.1, 0.15) is 30.6 Å². The fraction of sp³-hybridized carbons (Fsp3) is 0.308. The van der Waals surface area contributed by atoms with Crippen molar-refractivity contribution in [3.8, 4) is 0 Å². The van der Waals surface area contributed by atoms with Crippen molar-refractivity contribution in [2.45, 2.75) is 20.3 Å². The van der Waals surface area contributed by atoms with Crippen molar-refractivity contribution in [1.82, 2.24) is 5.43 Å². The molecule has 1 heterocycles. The minimum atomic E-state index is -0.207. The van der Waals surface area contributed by atoms with E-state index in [2.05, 4.69) is 17.5 Å². The smallest absolute Gasteiger partial charge is 0.267 e. The van der Waals surface area contributed by atoms with Crippen LogP contribution in [0.2, 0.25) is 0 Å². The van der Waals surface area contributed by atoms with Crippen LogP contribution in [0.15, 0.2) is 41.3 Å². The zero-order valence-electron chi connectivity index (χ0n) is 10.5. The fourth-order valence-electron chi connectivity index (χ4n) is 1.35. The highest BCUT2D eigenvalue weighted by molar-refractivity contribution is 5.94. The van der Waals surface area contributed by atoms with Crippen molar-refractivity contribution in [3.05, 3.63) is 41.7 Å². The van der Waals surface area contributed by atoms with E-state index in [0.29, 0.717) is 5.56 Å². The van der Waals surface area contributed by atoms with Crippen LogP contribution >= 0.6 is 0 Å². The van der Waals surface area contributed by atoms with Gasteiger partial charge < -0.3 is 0 Å². The van der Waals surface area contributed by atoms with Gasteiger partial charge in [-0.25, -0.2) is 9.99 Å². The molecule has 1 amide bonds. The summed E-state index contributed by atoms with van der Waals surface area (Å²) in [7, 11) is 1.87. The number of aryl methyl sites for hydroxylation is 1. The number of amides is 1. The molecule has 1 aromatic heterocycles. The van der Waals surface area contributed by atoms with Gasteiger partial charge in [0.25, 0.3) is 5.91 Å². The molecule has 90 valence electrons. The number of pyridine rings is 1. The Morgan fingerprint density at radius 3 is 3.00 bits per heavy atom. The summed E-state index contributed by atoms with van der Waals surface area (Å²) in [5.74, 6) is -0.207. The summed E-state index contributed by atoms with van der Waals surface area (Å²) < 4.78 is 1.82. The molecule has 4 heteroatoms. The van der Waals surface area contributed by atoms with Crippen molar-refractivity contribution >= 4 is 12.1 Å². The Balaban J connectivity index is 2.59. The molecule has 17 heavy (non-hydrogen) atoms. The molecule has 0 saturated carbocycles. The van der Waals surface area contributed by atoms with E-state index in [1.807, 2.05) is 36.9 Å². The highest BCUT2D eigenvalue weighted by atomic mass is 16.2. The van der Waals surface area contributed by atoms with Gasteiger partial charge in [-0.1, -0.05) is 13.0 Å². The zero-order valence-corrected chi connectivity index (χ0v) is 10.5. The van der Waals surface area contributed by atoms with E-state index < -0.39 is 0 Å². The molecule has 0 unspecified atom stereocenters. The van der Waals surface area contributed by atoms with Gasteiger partial charge >= 0.3 is 0 Å². The summed E-state index contributed by atoms with van der Waals surface area (Å²) in [6.45, 7) is 4.00. The number of carbonyl (C=O) groups is 1. The second kappa shape index (κ2) is 6.58. The lowest BCUT2D eigenvalue weighted by atomic mass is 10.3. The number of nitrogens with zero attached hydrogens (tertiary/aromatic N) is 2. The average Bonchev–Trinajstić information content (AvgIpc) is 2.29. The average molecular weight is 232 g/mol. The van der Waals surface area contributed by atoms with Gasteiger partial charge in [0, 0.05) is 12.3 Å². The molecule has 1 rings (SSSR count). The minimum Gasteiger partial charge on any atom is -0.267 e. The molecule has 1 aromatic rings. The largest absolute Gasteiger partial charge is 0.277 e. The monoisotopic (exact) mass is 232 g/mol. The molecule has 1 N–H and O–H groups in total. The van der Waals surface area contributed by atoms with Crippen LogP contribution in [0, 0.1) is 0 Å². The van der Waals surface area contributed by atoms with Gasteiger partial charge in [-0.05, 0) is 25.0 Å². The normalized spacial score (nSPS) is 11.8. The molecule has 0 bridgehead atoms. The first-order valence-corrected chi connectivity index (χ1v) is 5.59. The maximum atomic E-state index is 11.7. The summed E-state index contributed by atoms with van der Waals surface area (Å²) in [6.07, 6.45) is 8.26. The van der Waals surface area contributed by atoms with Crippen LogP contribution in [0.5, 0.6) is 0 Å². The third-order valence-corrected chi connectivity index (χ3v) is 2.16. The number of aromatic nitrogens is 1. The van der Waals surface area contributed by atoms with Crippen LogP contribution < -0.4 is 9.99 Å². The van der Waals surface area contributed by atoms with E-state index in [4.69, 9.17) is 0 Å². The van der Waals surface area contributed by atoms with Gasteiger partial charge in [0.05, 0.1) is 0 Å². The Morgan fingerprint density at radius 2 is 2.35 bits per heavy atom. The first-order chi connectivity index (χ1) is 8.13. The Kier molecular flexibility index (Phi) is 5.07. The lowest BCUT2D eigenvalue weighted by molar-refractivity contribution is -0.671. The standard InChI is InChI=1S/C13H17N3O/c1-4-6-11(2)9-14-15-13(17)12-7-5-8-16(3)10-12/h5-10H,4H2,1-3H3/p+1. The van der Waals surface area contributed by atoms with E-state index >= 15 is 0 Å². The Morgan fingerprint density at radius 1 is 1.59 bits per heavy atom. The number of carbonyl (C=O) groups excluding carboxylic acids is 1. The van der Waals surface area contributed by atoms with E-state index in [0.717, 1.165) is 12.0 Å². The highest BCUT2D eigenvalue weighted by Gasteiger charge is 2.06. The lowest BCUT2D eigenvalue weighted by Gasteiger charge is -1.97. The second-order valence-electron chi connectivity index (χ2n) is 3.81. The third kappa shape index (κ3) is 4.59. The maximum Gasteiger partial charge on any atom is 0.277 e. The van der Waals surface area contributed by atoms with Crippen molar-refractivity contribution in [3.63, 3.8) is 0 Å². The number of nitrogens with one attached hydrogen (secondary N) is 1.